The number of benzene rings is 1. The van der Waals surface area contributed by atoms with Crippen molar-refractivity contribution in [2.24, 2.45) is 10.2 Å². The molecule has 3 heterocycles. The van der Waals surface area contributed by atoms with E-state index in [0.717, 1.165) is 0 Å². The average molecular weight is 401 g/mol. The Morgan fingerprint density at radius 2 is 2.07 bits per heavy atom. The fourth-order valence-corrected chi connectivity index (χ4v) is 3.41. The third kappa shape index (κ3) is 3.26. The second kappa shape index (κ2) is 6.80. The molecule has 0 bridgehead atoms. The molecule has 2 aliphatic rings. The largest absolute Gasteiger partial charge is 0.406 e. The molecule has 0 saturated heterocycles. The molecule has 7 nitrogen and oxygen atoms in total. The van der Waals surface area contributed by atoms with E-state index >= 15 is 0 Å². The van der Waals surface area contributed by atoms with Crippen LogP contribution in [0.25, 0.3) is 11.1 Å². The van der Waals surface area contributed by atoms with E-state index in [0.29, 0.717) is 21.6 Å². The first kappa shape index (κ1) is 18.8. The maximum Gasteiger partial charge on any atom is 0.406 e. The Balaban J connectivity index is 1.87. The summed E-state index contributed by atoms with van der Waals surface area (Å²) in [6.45, 7) is -1.44. The van der Waals surface area contributed by atoms with Crippen LogP contribution in [0, 0.1) is 0 Å². The number of hydrogen-bond acceptors (Lipinski definition) is 5. The molecule has 1 aromatic carbocycles. The van der Waals surface area contributed by atoms with Gasteiger partial charge < -0.3 is 5.32 Å². The Hall–Kier alpha value is -3.56. The molecule has 1 N–H and O–H groups in total. The number of alkyl halides is 3. The quantitative estimate of drug-likeness (QED) is 0.855. The molecule has 10 heteroatoms. The van der Waals surface area contributed by atoms with Crippen molar-refractivity contribution < 1.29 is 22.8 Å². The van der Waals surface area contributed by atoms with Gasteiger partial charge in [-0.05, 0) is 17.7 Å². The zero-order valence-corrected chi connectivity index (χ0v) is 15.1. The number of fused-ring (bicyclic) bond motifs is 3. The summed E-state index contributed by atoms with van der Waals surface area (Å²) in [6, 6.07) is 7.24. The van der Waals surface area contributed by atoms with Crippen LogP contribution in [0.4, 0.5) is 18.9 Å². The molecular formula is C19H14F3N5O2. The highest BCUT2D eigenvalue weighted by Crippen LogP contribution is 2.45. The van der Waals surface area contributed by atoms with Gasteiger partial charge in [-0.1, -0.05) is 18.2 Å². The van der Waals surface area contributed by atoms with E-state index in [1.807, 2.05) is 0 Å². The predicted molar refractivity (Wildman–Crippen MR) is 97.2 cm³/mol. The number of nitrogens with one attached hydrogen (secondary N) is 1. The van der Waals surface area contributed by atoms with Crippen LogP contribution >= 0.6 is 0 Å². The van der Waals surface area contributed by atoms with E-state index < -0.39 is 30.6 Å². The van der Waals surface area contributed by atoms with Crippen molar-refractivity contribution >= 4 is 17.5 Å². The molecule has 2 aliphatic heterocycles. The third-order valence-corrected chi connectivity index (χ3v) is 4.68. The Labute approximate surface area is 163 Å². The SMILES string of the molecule is CNC(=O)c1ncccc1-c1ccc2c(c1)N(CC(F)(F)F)C(=O)C1=CN=NC12. The highest BCUT2D eigenvalue weighted by Gasteiger charge is 2.43. The van der Waals surface area contributed by atoms with Crippen LogP contribution in [-0.4, -0.2) is 36.6 Å². The van der Waals surface area contributed by atoms with Gasteiger partial charge in [-0.2, -0.15) is 23.4 Å². The van der Waals surface area contributed by atoms with Crippen molar-refractivity contribution in [3.8, 4) is 11.1 Å². The lowest BCUT2D eigenvalue weighted by Gasteiger charge is -2.33. The summed E-state index contributed by atoms with van der Waals surface area (Å²) < 4.78 is 39.5. The van der Waals surface area contributed by atoms with Gasteiger partial charge in [0.15, 0.2) is 0 Å². The summed E-state index contributed by atoms with van der Waals surface area (Å²) in [5.41, 5.74) is 1.64. The third-order valence-electron chi connectivity index (χ3n) is 4.68. The second-order valence-corrected chi connectivity index (χ2v) is 6.48. The first-order valence-electron chi connectivity index (χ1n) is 8.60. The molecular weight excluding hydrogens is 387 g/mol. The van der Waals surface area contributed by atoms with Gasteiger partial charge in [0.05, 0.1) is 17.5 Å². The minimum atomic E-state index is -4.59. The van der Waals surface area contributed by atoms with Gasteiger partial charge in [-0.3, -0.25) is 19.5 Å². The van der Waals surface area contributed by atoms with E-state index in [-0.39, 0.29) is 17.0 Å². The van der Waals surface area contributed by atoms with Crippen molar-refractivity contribution in [2.75, 3.05) is 18.5 Å². The molecule has 0 saturated carbocycles. The normalized spacial score (nSPS) is 17.7. The van der Waals surface area contributed by atoms with E-state index in [9.17, 15) is 22.8 Å². The summed E-state index contributed by atoms with van der Waals surface area (Å²) in [5.74, 6) is -1.23. The number of carbonyl (C=O) groups is 2. The summed E-state index contributed by atoms with van der Waals surface area (Å²) in [4.78, 5) is 29.5. The van der Waals surface area contributed by atoms with Gasteiger partial charge >= 0.3 is 6.18 Å². The number of anilines is 1. The smallest absolute Gasteiger partial charge is 0.354 e. The van der Waals surface area contributed by atoms with Crippen LogP contribution in [0.3, 0.4) is 0 Å². The van der Waals surface area contributed by atoms with Crippen molar-refractivity contribution in [2.45, 2.75) is 12.2 Å². The van der Waals surface area contributed by atoms with Gasteiger partial charge in [-0.25, -0.2) is 0 Å². The lowest BCUT2D eigenvalue weighted by molar-refractivity contribution is -0.130. The van der Waals surface area contributed by atoms with E-state index in [1.165, 1.54) is 25.5 Å². The monoisotopic (exact) mass is 401 g/mol. The van der Waals surface area contributed by atoms with E-state index in [4.69, 9.17) is 0 Å². The molecule has 1 aromatic heterocycles. The standard InChI is InChI=1S/C19H14F3N5O2/c1-23-17(28)16-11(3-2-6-24-16)10-4-5-12-14(7-10)27(9-19(20,21)22)18(29)13-8-25-26-15(12)13/h2-8,15H,9H2,1H3,(H,23,28). The van der Waals surface area contributed by atoms with Crippen molar-refractivity contribution in [1.82, 2.24) is 10.3 Å². The van der Waals surface area contributed by atoms with Crippen LogP contribution in [0.15, 0.2) is 58.5 Å². The topological polar surface area (TPSA) is 87.0 Å². The number of azo groups is 1. The van der Waals surface area contributed by atoms with Crippen LogP contribution < -0.4 is 10.2 Å². The average Bonchev–Trinajstić information content (AvgIpc) is 3.19. The van der Waals surface area contributed by atoms with E-state index in [2.05, 4.69) is 20.5 Å². The Bertz CT molecular complexity index is 1080. The number of rotatable bonds is 3. The molecule has 2 amide bonds. The summed E-state index contributed by atoms with van der Waals surface area (Å²) in [5, 5.41) is 10.2. The Morgan fingerprint density at radius 1 is 1.28 bits per heavy atom. The number of amides is 2. The van der Waals surface area contributed by atoms with Gasteiger partial charge in [0.2, 0.25) is 0 Å². The fraction of sp³-hybridized carbons (Fsp3) is 0.211. The van der Waals surface area contributed by atoms with Crippen LogP contribution in [0.1, 0.15) is 22.1 Å². The van der Waals surface area contributed by atoms with Crippen LogP contribution in [0.2, 0.25) is 0 Å². The fourth-order valence-electron chi connectivity index (χ4n) is 3.41. The molecule has 1 atom stereocenters. The Morgan fingerprint density at radius 3 is 2.79 bits per heavy atom. The minimum Gasteiger partial charge on any atom is -0.354 e. The maximum absolute atomic E-state index is 13.2. The molecule has 4 rings (SSSR count). The predicted octanol–water partition coefficient (Wildman–Crippen LogP) is 3.41. The van der Waals surface area contributed by atoms with Crippen molar-refractivity contribution in [3.05, 3.63) is 59.6 Å². The zero-order valence-electron chi connectivity index (χ0n) is 15.1. The molecule has 2 aromatic rings. The van der Waals surface area contributed by atoms with Crippen LogP contribution in [-0.2, 0) is 4.79 Å². The molecule has 1 unspecified atom stereocenters. The van der Waals surface area contributed by atoms with E-state index in [1.54, 1.807) is 24.3 Å². The molecule has 0 fully saturated rings. The minimum absolute atomic E-state index is 0.0829. The Kier molecular flexibility index (Phi) is 4.40. The first-order valence-corrected chi connectivity index (χ1v) is 8.60. The van der Waals surface area contributed by atoms with Gasteiger partial charge in [0.25, 0.3) is 11.8 Å². The van der Waals surface area contributed by atoms with Crippen molar-refractivity contribution in [1.29, 1.82) is 0 Å². The van der Waals surface area contributed by atoms with Crippen molar-refractivity contribution in [3.63, 3.8) is 0 Å². The zero-order chi connectivity index (χ0) is 20.8. The molecule has 0 aliphatic carbocycles. The highest BCUT2D eigenvalue weighted by atomic mass is 19.4. The summed E-state index contributed by atoms with van der Waals surface area (Å²) >= 11 is 0. The van der Waals surface area contributed by atoms with Gasteiger partial charge in [0, 0.05) is 24.4 Å². The summed E-state index contributed by atoms with van der Waals surface area (Å²) in [6.07, 6.45) is -1.95. The highest BCUT2D eigenvalue weighted by molar-refractivity contribution is 6.10. The number of nitrogens with zero attached hydrogens (tertiary/aromatic N) is 4. The molecule has 148 valence electrons. The van der Waals surface area contributed by atoms with Crippen LogP contribution in [0.5, 0.6) is 0 Å². The number of carbonyl (C=O) groups excluding carboxylic acids is 2. The van der Waals surface area contributed by atoms with Gasteiger partial charge in [0.1, 0.15) is 18.3 Å². The lowest BCUT2D eigenvalue weighted by atomic mass is 9.90. The first-order chi connectivity index (χ1) is 13.8. The second-order valence-electron chi connectivity index (χ2n) is 6.48. The number of aromatic nitrogens is 1. The maximum atomic E-state index is 13.2. The summed E-state index contributed by atoms with van der Waals surface area (Å²) in [7, 11) is 1.45. The molecule has 0 spiro atoms. The number of halogens is 3. The molecule has 29 heavy (non-hydrogen) atoms. The molecule has 0 radical (unpaired) electrons. The lowest BCUT2D eigenvalue weighted by Crippen LogP contribution is -2.43. The number of hydrogen-bond donors (Lipinski definition) is 1. The van der Waals surface area contributed by atoms with Gasteiger partial charge in [-0.15, -0.1) is 0 Å². The number of pyridine rings is 1.